The zero-order valence-corrected chi connectivity index (χ0v) is 17.1. The van der Waals surface area contributed by atoms with E-state index in [4.69, 9.17) is 0 Å². The second-order valence-corrected chi connectivity index (χ2v) is 9.89. The van der Waals surface area contributed by atoms with Crippen LogP contribution in [0.3, 0.4) is 0 Å². The quantitative estimate of drug-likeness (QED) is 0.480. The number of carbonyl (C=O) groups is 1. The second kappa shape index (κ2) is 7.75. The summed E-state index contributed by atoms with van der Waals surface area (Å²) in [7, 11) is 0. The molecule has 0 aromatic rings. The molecule has 24 heavy (non-hydrogen) atoms. The van der Waals surface area contributed by atoms with Gasteiger partial charge < -0.3 is 4.79 Å². The number of allylic oxidation sites excluding steroid dienone is 2. The second-order valence-electron chi connectivity index (χ2n) is 9.89. The van der Waals surface area contributed by atoms with Gasteiger partial charge in [-0.25, -0.2) is 0 Å². The minimum absolute atomic E-state index is 0.305. The molecule has 0 heterocycles. The third kappa shape index (κ3) is 4.33. The third-order valence-corrected chi connectivity index (χ3v) is 7.56. The lowest BCUT2D eigenvalue weighted by Crippen LogP contribution is -2.51. The largest absolute Gasteiger partial charge is 0.300 e. The molecule has 2 rings (SSSR count). The van der Waals surface area contributed by atoms with Gasteiger partial charge in [-0.1, -0.05) is 52.2 Å². The highest BCUT2D eigenvalue weighted by molar-refractivity contribution is 5.75. The SMILES string of the molecule is CC(=O)CC/C=C(/C)CC[C@@H]1[C@H](C)CC[C@H]2C(C)(C)CCC[C@]12C. The average molecular weight is 333 g/mol. The number of fused-ring (bicyclic) bond motifs is 1. The minimum atomic E-state index is 0.305. The van der Waals surface area contributed by atoms with Crippen molar-refractivity contribution in [1.82, 2.24) is 0 Å². The van der Waals surface area contributed by atoms with Crippen LogP contribution in [0.4, 0.5) is 0 Å². The fraction of sp³-hybridized carbons (Fsp3) is 0.870. The van der Waals surface area contributed by atoms with Gasteiger partial charge in [0.25, 0.3) is 0 Å². The fourth-order valence-electron chi connectivity index (χ4n) is 6.23. The normalized spacial score (nSPS) is 36.2. The van der Waals surface area contributed by atoms with E-state index >= 15 is 0 Å². The van der Waals surface area contributed by atoms with Crippen molar-refractivity contribution >= 4 is 5.78 Å². The van der Waals surface area contributed by atoms with Crippen LogP contribution in [0.15, 0.2) is 11.6 Å². The monoisotopic (exact) mass is 332 g/mol. The number of carbonyl (C=O) groups excluding carboxylic acids is 1. The maximum absolute atomic E-state index is 11.1. The van der Waals surface area contributed by atoms with E-state index in [9.17, 15) is 4.79 Å². The summed E-state index contributed by atoms with van der Waals surface area (Å²) in [5.74, 6) is 2.94. The molecule has 0 aromatic carbocycles. The number of hydrogen-bond acceptors (Lipinski definition) is 1. The Labute approximate surface area is 150 Å². The molecule has 0 spiro atoms. The maximum Gasteiger partial charge on any atom is 0.130 e. The molecule has 0 unspecified atom stereocenters. The lowest BCUT2D eigenvalue weighted by Gasteiger charge is -2.59. The molecule has 0 saturated heterocycles. The lowest BCUT2D eigenvalue weighted by atomic mass is 9.46. The molecule has 2 fully saturated rings. The Balaban J connectivity index is 2.03. The van der Waals surface area contributed by atoms with E-state index in [1.165, 1.54) is 50.5 Å². The maximum atomic E-state index is 11.1. The van der Waals surface area contributed by atoms with Crippen LogP contribution in [-0.4, -0.2) is 5.78 Å². The van der Waals surface area contributed by atoms with E-state index < -0.39 is 0 Å². The van der Waals surface area contributed by atoms with E-state index in [0.29, 0.717) is 23.0 Å². The molecule has 2 aliphatic carbocycles. The summed E-state index contributed by atoms with van der Waals surface area (Å²) in [5.41, 5.74) is 2.56. The third-order valence-electron chi connectivity index (χ3n) is 7.56. The Kier molecular flexibility index (Phi) is 6.37. The van der Waals surface area contributed by atoms with E-state index in [0.717, 1.165) is 24.2 Å². The van der Waals surface area contributed by atoms with Crippen molar-refractivity contribution in [3.05, 3.63) is 11.6 Å². The summed E-state index contributed by atoms with van der Waals surface area (Å²) >= 11 is 0. The molecule has 2 aliphatic rings. The van der Waals surface area contributed by atoms with Gasteiger partial charge in [0.05, 0.1) is 0 Å². The van der Waals surface area contributed by atoms with Crippen LogP contribution in [0.5, 0.6) is 0 Å². The molecule has 0 bridgehead atoms. The highest BCUT2D eigenvalue weighted by atomic mass is 16.1. The van der Waals surface area contributed by atoms with Crippen LogP contribution in [-0.2, 0) is 4.79 Å². The van der Waals surface area contributed by atoms with E-state index in [2.05, 4.69) is 40.7 Å². The van der Waals surface area contributed by atoms with Gasteiger partial charge in [-0.2, -0.15) is 0 Å². The first-order valence-electron chi connectivity index (χ1n) is 10.3. The van der Waals surface area contributed by atoms with Crippen LogP contribution in [0.2, 0.25) is 0 Å². The first-order chi connectivity index (χ1) is 11.2. The summed E-state index contributed by atoms with van der Waals surface area (Å²) in [6.07, 6.45) is 13.6. The number of ketones is 1. The molecule has 1 heteroatoms. The zero-order valence-electron chi connectivity index (χ0n) is 17.1. The summed E-state index contributed by atoms with van der Waals surface area (Å²) in [6, 6.07) is 0. The van der Waals surface area contributed by atoms with Crippen molar-refractivity contribution in [2.45, 2.75) is 99.3 Å². The van der Waals surface area contributed by atoms with Crippen molar-refractivity contribution in [1.29, 1.82) is 0 Å². The van der Waals surface area contributed by atoms with Crippen LogP contribution < -0.4 is 0 Å². The van der Waals surface area contributed by atoms with Crippen molar-refractivity contribution in [3.8, 4) is 0 Å². The van der Waals surface area contributed by atoms with Gasteiger partial charge in [0.1, 0.15) is 5.78 Å². The molecule has 0 amide bonds. The number of Topliss-reactive ketones (excluding diaryl/α,β-unsaturated/α-hetero) is 1. The van der Waals surface area contributed by atoms with Gasteiger partial charge >= 0.3 is 0 Å². The zero-order chi connectivity index (χ0) is 18.0. The van der Waals surface area contributed by atoms with Crippen LogP contribution in [0.25, 0.3) is 0 Å². The van der Waals surface area contributed by atoms with Crippen LogP contribution in [0.1, 0.15) is 99.3 Å². The van der Waals surface area contributed by atoms with Gasteiger partial charge in [-0.05, 0) is 81.0 Å². The highest BCUT2D eigenvalue weighted by Crippen LogP contribution is 2.62. The fourth-order valence-corrected chi connectivity index (χ4v) is 6.23. The summed E-state index contributed by atoms with van der Waals surface area (Å²) in [6.45, 7) is 14.1. The van der Waals surface area contributed by atoms with E-state index in [1.54, 1.807) is 6.92 Å². The number of hydrogen-bond donors (Lipinski definition) is 0. The molecule has 1 nitrogen and oxygen atoms in total. The summed E-state index contributed by atoms with van der Waals surface area (Å²) in [5, 5.41) is 0. The highest BCUT2D eigenvalue weighted by Gasteiger charge is 2.53. The molecular weight excluding hydrogens is 292 g/mol. The minimum Gasteiger partial charge on any atom is -0.300 e. The van der Waals surface area contributed by atoms with Gasteiger partial charge in [-0.15, -0.1) is 0 Å². The Morgan fingerprint density at radius 3 is 2.46 bits per heavy atom. The first kappa shape index (κ1) is 19.7. The number of rotatable bonds is 6. The van der Waals surface area contributed by atoms with Crippen molar-refractivity contribution in [2.24, 2.45) is 28.6 Å². The Morgan fingerprint density at radius 1 is 1.08 bits per heavy atom. The Bertz CT molecular complexity index is 472. The summed E-state index contributed by atoms with van der Waals surface area (Å²) in [4.78, 5) is 11.1. The Hall–Kier alpha value is -0.590. The smallest absolute Gasteiger partial charge is 0.130 e. The van der Waals surface area contributed by atoms with Gasteiger partial charge in [0.2, 0.25) is 0 Å². The Morgan fingerprint density at radius 2 is 1.79 bits per heavy atom. The lowest BCUT2D eigenvalue weighted by molar-refractivity contribution is -0.116. The van der Waals surface area contributed by atoms with Crippen LogP contribution in [0, 0.1) is 28.6 Å². The standard InChI is InChI=1S/C23H40O/c1-17(9-7-10-19(3)24)11-13-20-18(2)12-14-21-22(4,5)15-8-16-23(20,21)6/h9,18,20-21H,7-8,10-16H2,1-6H3/b17-9-/t18-,20-,21+,23-/m1/s1. The topological polar surface area (TPSA) is 17.1 Å². The summed E-state index contributed by atoms with van der Waals surface area (Å²) < 4.78 is 0. The molecule has 0 radical (unpaired) electrons. The first-order valence-corrected chi connectivity index (χ1v) is 10.3. The molecule has 0 N–H and O–H groups in total. The molecule has 2 saturated carbocycles. The molecule has 0 aliphatic heterocycles. The van der Waals surface area contributed by atoms with Crippen LogP contribution >= 0.6 is 0 Å². The van der Waals surface area contributed by atoms with Crippen molar-refractivity contribution in [2.75, 3.05) is 0 Å². The van der Waals surface area contributed by atoms with E-state index in [-0.39, 0.29) is 0 Å². The molecule has 0 aromatic heterocycles. The average Bonchev–Trinajstić information content (AvgIpc) is 2.45. The van der Waals surface area contributed by atoms with Gasteiger partial charge in [0, 0.05) is 6.42 Å². The van der Waals surface area contributed by atoms with Crippen molar-refractivity contribution in [3.63, 3.8) is 0 Å². The van der Waals surface area contributed by atoms with Gasteiger partial charge in [-0.3, -0.25) is 0 Å². The molecule has 4 atom stereocenters. The van der Waals surface area contributed by atoms with Gasteiger partial charge in [0.15, 0.2) is 0 Å². The predicted octanol–water partition coefficient (Wildman–Crippen LogP) is 6.96. The predicted molar refractivity (Wildman–Crippen MR) is 104 cm³/mol. The molecular formula is C23H40O. The molecule has 138 valence electrons. The van der Waals surface area contributed by atoms with E-state index in [1.807, 2.05) is 0 Å². The van der Waals surface area contributed by atoms with Crippen molar-refractivity contribution < 1.29 is 4.79 Å².